The van der Waals surface area contributed by atoms with E-state index in [2.05, 4.69) is 5.32 Å². The molecule has 0 radical (unpaired) electrons. The standard InChI is InChI=1S/C24H26N2O4/c27-23(18-7-10-21-22(13-18)30-15-29-21)25-20-8-5-17(6-9-20)24(28)26-12-11-16-3-1-2-4-19(16)14-26/h5-10,13,16,19H,1-4,11-12,14-15H2,(H,25,27)/t16-,19+/m1/s1. The van der Waals surface area contributed by atoms with Crippen LogP contribution >= 0.6 is 0 Å². The van der Waals surface area contributed by atoms with E-state index < -0.39 is 0 Å². The molecule has 3 aliphatic rings. The number of ether oxygens (including phenoxy) is 2. The molecule has 2 amide bonds. The monoisotopic (exact) mass is 406 g/mol. The van der Waals surface area contributed by atoms with Crippen molar-refractivity contribution in [1.29, 1.82) is 0 Å². The Hall–Kier alpha value is -3.02. The van der Waals surface area contributed by atoms with Crippen LogP contribution in [0.1, 0.15) is 52.8 Å². The first-order chi connectivity index (χ1) is 14.7. The molecule has 1 saturated heterocycles. The number of nitrogens with zero attached hydrogens (tertiary/aromatic N) is 1. The summed E-state index contributed by atoms with van der Waals surface area (Å²) in [6.45, 7) is 1.91. The van der Waals surface area contributed by atoms with Crippen LogP contribution in [0.3, 0.4) is 0 Å². The van der Waals surface area contributed by atoms with Crippen LogP contribution in [0.15, 0.2) is 42.5 Å². The van der Waals surface area contributed by atoms with Crippen molar-refractivity contribution in [1.82, 2.24) is 4.90 Å². The SMILES string of the molecule is O=C(Nc1ccc(C(=O)N2CC[C@H]3CCCC[C@H]3C2)cc1)c1ccc2c(c1)OCO2. The van der Waals surface area contributed by atoms with E-state index in [1.54, 1.807) is 42.5 Å². The first-order valence-corrected chi connectivity index (χ1v) is 10.8. The Morgan fingerprint density at radius 3 is 2.43 bits per heavy atom. The number of benzene rings is 2. The van der Waals surface area contributed by atoms with Crippen LogP contribution < -0.4 is 14.8 Å². The molecule has 156 valence electrons. The minimum Gasteiger partial charge on any atom is -0.454 e. The third kappa shape index (κ3) is 3.74. The summed E-state index contributed by atoms with van der Waals surface area (Å²) in [5.74, 6) is 2.55. The number of amides is 2. The summed E-state index contributed by atoms with van der Waals surface area (Å²) < 4.78 is 10.6. The highest BCUT2D eigenvalue weighted by Crippen LogP contribution is 2.36. The molecule has 5 rings (SSSR count). The number of piperidine rings is 1. The molecule has 1 saturated carbocycles. The maximum atomic E-state index is 13.0. The van der Waals surface area contributed by atoms with Gasteiger partial charge in [-0.25, -0.2) is 0 Å². The van der Waals surface area contributed by atoms with Crippen molar-refractivity contribution in [3.63, 3.8) is 0 Å². The van der Waals surface area contributed by atoms with Crippen molar-refractivity contribution in [3.05, 3.63) is 53.6 Å². The Kier molecular flexibility index (Phi) is 5.07. The van der Waals surface area contributed by atoms with E-state index in [1.807, 2.05) is 4.90 Å². The maximum Gasteiger partial charge on any atom is 0.255 e. The number of likely N-dealkylation sites (tertiary alicyclic amines) is 1. The molecular formula is C24H26N2O4. The summed E-state index contributed by atoms with van der Waals surface area (Å²) >= 11 is 0. The molecule has 2 aromatic carbocycles. The molecule has 30 heavy (non-hydrogen) atoms. The molecule has 6 nitrogen and oxygen atoms in total. The zero-order valence-electron chi connectivity index (χ0n) is 16.9. The van der Waals surface area contributed by atoms with E-state index in [4.69, 9.17) is 9.47 Å². The van der Waals surface area contributed by atoms with Gasteiger partial charge in [-0.15, -0.1) is 0 Å². The summed E-state index contributed by atoms with van der Waals surface area (Å²) in [5, 5.41) is 2.87. The van der Waals surface area contributed by atoms with Crippen molar-refractivity contribution < 1.29 is 19.1 Å². The van der Waals surface area contributed by atoms with Crippen LogP contribution in [0.25, 0.3) is 0 Å². The van der Waals surface area contributed by atoms with Gasteiger partial charge in [0.1, 0.15) is 0 Å². The highest BCUT2D eigenvalue weighted by Gasteiger charge is 2.33. The number of carbonyl (C=O) groups excluding carboxylic acids is 2. The molecule has 0 spiro atoms. The van der Waals surface area contributed by atoms with Gasteiger partial charge in [0.15, 0.2) is 11.5 Å². The number of nitrogens with one attached hydrogen (secondary N) is 1. The van der Waals surface area contributed by atoms with E-state index in [-0.39, 0.29) is 18.6 Å². The second-order valence-electron chi connectivity index (χ2n) is 8.44. The van der Waals surface area contributed by atoms with E-state index in [1.165, 1.54) is 25.7 Å². The fourth-order valence-corrected chi connectivity index (χ4v) is 4.91. The van der Waals surface area contributed by atoms with Gasteiger partial charge >= 0.3 is 0 Å². The summed E-state index contributed by atoms with van der Waals surface area (Å²) in [6, 6.07) is 12.3. The molecule has 0 bridgehead atoms. The lowest BCUT2D eigenvalue weighted by atomic mass is 9.75. The number of hydrogen-bond acceptors (Lipinski definition) is 4. The van der Waals surface area contributed by atoms with E-state index in [0.29, 0.717) is 34.2 Å². The summed E-state index contributed by atoms with van der Waals surface area (Å²) in [4.78, 5) is 27.5. The number of anilines is 1. The van der Waals surface area contributed by atoms with Crippen molar-refractivity contribution in [2.24, 2.45) is 11.8 Å². The number of hydrogen-bond donors (Lipinski definition) is 1. The Bertz CT molecular complexity index is 956. The highest BCUT2D eigenvalue weighted by molar-refractivity contribution is 6.05. The van der Waals surface area contributed by atoms with Gasteiger partial charge in [-0.3, -0.25) is 9.59 Å². The first kappa shape index (κ1) is 19.0. The van der Waals surface area contributed by atoms with Gasteiger partial charge < -0.3 is 19.7 Å². The number of carbonyl (C=O) groups is 2. The average Bonchev–Trinajstić information content (AvgIpc) is 3.27. The lowest BCUT2D eigenvalue weighted by Crippen LogP contribution is -2.44. The molecule has 0 unspecified atom stereocenters. The Morgan fingerprint density at radius 2 is 1.60 bits per heavy atom. The number of fused-ring (bicyclic) bond motifs is 2. The van der Waals surface area contributed by atoms with Crippen LogP contribution in [0.2, 0.25) is 0 Å². The third-order valence-corrected chi connectivity index (χ3v) is 6.60. The van der Waals surface area contributed by atoms with Crippen molar-refractivity contribution in [3.8, 4) is 11.5 Å². The van der Waals surface area contributed by atoms with Gasteiger partial charge in [-0.2, -0.15) is 0 Å². The Balaban J connectivity index is 1.22. The molecule has 0 aromatic heterocycles. The Morgan fingerprint density at radius 1 is 0.867 bits per heavy atom. The predicted octanol–water partition coefficient (Wildman–Crippen LogP) is 4.32. The van der Waals surface area contributed by atoms with Crippen LogP contribution in [0.4, 0.5) is 5.69 Å². The van der Waals surface area contributed by atoms with E-state index in [9.17, 15) is 9.59 Å². The van der Waals surface area contributed by atoms with Crippen molar-refractivity contribution >= 4 is 17.5 Å². The lowest BCUT2D eigenvalue weighted by molar-refractivity contribution is 0.0521. The predicted molar refractivity (Wildman–Crippen MR) is 113 cm³/mol. The highest BCUT2D eigenvalue weighted by atomic mass is 16.7. The minimum atomic E-state index is -0.230. The lowest BCUT2D eigenvalue weighted by Gasteiger charge is -2.41. The van der Waals surface area contributed by atoms with Crippen LogP contribution in [0, 0.1) is 11.8 Å². The van der Waals surface area contributed by atoms with Gasteiger partial charge in [0, 0.05) is 29.9 Å². The summed E-state index contributed by atoms with van der Waals surface area (Å²) in [7, 11) is 0. The molecule has 2 aliphatic heterocycles. The molecule has 2 atom stereocenters. The molecule has 2 aromatic rings. The molecule has 2 heterocycles. The van der Waals surface area contributed by atoms with E-state index in [0.717, 1.165) is 25.4 Å². The smallest absolute Gasteiger partial charge is 0.255 e. The molecule has 1 aliphatic carbocycles. The third-order valence-electron chi connectivity index (χ3n) is 6.60. The fourth-order valence-electron chi connectivity index (χ4n) is 4.91. The van der Waals surface area contributed by atoms with E-state index >= 15 is 0 Å². The van der Waals surface area contributed by atoms with Crippen LogP contribution in [-0.4, -0.2) is 36.6 Å². The first-order valence-electron chi connectivity index (χ1n) is 10.8. The molecule has 2 fully saturated rings. The van der Waals surface area contributed by atoms with Crippen molar-refractivity contribution in [2.75, 3.05) is 25.2 Å². The van der Waals surface area contributed by atoms with Crippen molar-refractivity contribution in [2.45, 2.75) is 32.1 Å². The number of rotatable bonds is 3. The molecule has 6 heteroatoms. The zero-order chi connectivity index (χ0) is 20.5. The normalized spacial score (nSPS) is 22.3. The molecular weight excluding hydrogens is 380 g/mol. The Labute approximate surface area is 176 Å². The van der Waals surface area contributed by atoms with Gasteiger partial charge in [-0.1, -0.05) is 19.3 Å². The van der Waals surface area contributed by atoms with Gasteiger partial charge in [-0.05, 0) is 67.1 Å². The summed E-state index contributed by atoms with van der Waals surface area (Å²) in [5.41, 5.74) is 1.82. The zero-order valence-corrected chi connectivity index (χ0v) is 16.9. The molecule has 1 N–H and O–H groups in total. The summed E-state index contributed by atoms with van der Waals surface area (Å²) in [6.07, 6.45) is 6.33. The fraction of sp³-hybridized carbons (Fsp3) is 0.417. The van der Waals surface area contributed by atoms with Crippen LogP contribution in [0.5, 0.6) is 11.5 Å². The minimum absolute atomic E-state index is 0.0904. The quantitative estimate of drug-likeness (QED) is 0.824. The average molecular weight is 406 g/mol. The second kappa shape index (κ2) is 8.01. The maximum absolute atomic E-state index is 13.0. The topological polar surface area (TPSA) is 67.9 Å². The van der Waals surface area contributed by atoms with Gasteiger partial charge in [0.25, 0.3) is 11.8 Å². The van der Waals surface area contributed by atoms with Gasteiger partial charge in [0.05, 0.1) is 0 Å². The largest absolute Gasteiger partial charge is 0.454 e. The second-order valence-corrected chi connectivity index (χ2v) is 8.44. The van der Waals surface area contributed by atoms with Crippen LogP contribution in [-0.2, 0) is 0 Å². The van der Waals surface area contributed by atoms with Gasteiger partial charge in [0.2, 0.25) is 6.79 Å².